The van der Waals surface area contributed by atoms with Gasteiger partial charge in [-0.1, -0.05) is 26.0 Å². The van der Waals surface area contributed by atoms with Gasteiger partial charge < -0.3 is 10.3 Å². The summed E-state index contributed by atoms with van der Waals surface area (Å²) in [6.07, 6.45) is 4.51. The molecule has 1 aliphatic rings. The van der Waals surface area contributed by atoms with Gasteiger partial charge in [0.15, 0.2) is 0 Å². The monoisotopic (exact) mass is 382 g/mol. The summed E-state index contributed by atoms with van der Waals surface area (Å²) >= 11 is 0. The number of amides is 1. The fourth-order valence-corrected chi connectivity index (χ4v) is 3.84. The molecular weight excluding hydrogens is 360 g/mol. The molecule has 5 heteroatoms. The van der Waals surface area contributed by atoms with E-state index in [1.165, 1.54) is 5.56 Å². The molecule has 4 aromatic rings. The van der Waals surface area contributed by atoms with E-state index in [1.54, 1.807) is 6.20 Å². The van der Waals surface area contributed by atoms with Crippen molar-refractivity contribution in [1.82, 2.24) is 20.3 Å². The largest absolute Gasteiger partial charge is 0.358 e. The van der Waals surface area contributed by atoms with E-state index in [4.69, 9.17) is 0 Å². The lowest BCUT2D eigenvalue weighted by molar-refractivity contribution is 0.0946. The Morgan fingerprint density at radius 1 is 1.00 bits per heavy atom. The normalized spacial score (nSPS) is 13.6. The highest BCUT2D eigenvalue weighted by Gasteiger charge is 2.20. The van der Waals surface area contributed by atoms with E-state index in [2.05, 4.69) is 58.4 Å². The van der Waals surface area contributed by atoms with E-state index in [1.807, 2.05) is 24.4 Å². The highest BCUT2D eigenvalue weighted by atomic mass is 16.1. The minimum atomic E-state index is -0.0116. The smallest absolute Gasteiger partial charge is 0.253 e. The molecule has 0 radical (unpaired) electrons. The molecule has 1 aliphatic heterocycles. The molecule has 0 unspecified atom stereocenters. The average Bonchev–Trinajstić information content (AvgIpc) is 3.19. The molecule has 0 atom stereocenters. The van der Waals surface area contributed by atoms with E-state index in [0.717, 1.165) is 51.1 Å². The van der Waals surface area contributed by atoms with Crippen LogP contribution in [0.3, 0.4) is 0 Å². The third kappa shape index (κ3) is 3.18. The first kappa shape index (κ1) is 17.6. The van der Waals surface area contributed by atoms with Crippen LogP contribution in [0.5, 0.6) is 0 Å². The number of carbonyl (C=O) groups is 1. The zero-order valence-corrected chi connectivity index (χ0v) is 16.5. The number of H-pyrrole nitrogens is 1. The number of benzene rings is 1. The van der Waals surface area contributed by atoms with Gasteiger partial charge in [0.2, 0.25) is 0 Å². The van der Waals surface area contributed by atoms with Crippen molar-refractivity contribution in [2.75, 3.05) is 6.54 Å². The SMILES string of the molecule is CC(C)c1ccc2cc(-c3cc(-c4cc5c([nH]4)CCNC5=O)ccn3)cnc2c1. The number of rotatable bonds is 3. The zero-order valence-electron chi connectivity index (χ0n) is 16.5. The number of fused-ring (bicyclic) bond motifs is 2. The summed E-state index contributed by atoms with van der Waals surface area (Å²) in [4.78, 5) is 24.7. The van der Waals surface area contributed by atoms with Crippen LogP contribution < -0.4 is 5.32 Å². The third-order valence-electron chi connectivity index (χ3n) is 5.55. The van der Waals surface area contributed by atoms with E-state index < -0.39 is 0 Å². The maximum atomic E-state index is 12.1. The molecule has 5 nitrogen and oxygen atoms in total. The molecule has 1 aromatic carbocycles. The Labute approximate surface area is 169 Å². The lowest BCUT2D eigenvalue weighted by Gasteiger charge is -2.11. The molecular formula is C24H22N4O. The second kappa shape index (κ2) is 6.85. The van der Waals surface area contributed by atoms with Gasteiger partial charge in [-0.3, -0.25) is 14.8 Å². The van der Waals surface area contributed by atoms with Crippen molar-refractivity contribution in [3.8, 4) is 22.5 Å². The quantitative estimate of drug-likeness (QED) is 0.539. The number of nitrogens with zero attached hydrogens (tertiary/aromatic N) is 2. The summed E-state index contributed by atoms with van der Waals surface area (Å²) in [6.45, 7) is 5.05. The molecule has 0 saturated carbocycles. The van der Waals surface area contributed by atoms with Crippen molar-refractivity contribution < 1.29 is 4.79 Å². The molecule has 3 aromatic heterocycles. The van der Waals surface area contributed by atoms with Crippen molar-refractivity contribution in [3.63, 3.8) is 0 Å². The fraction of sp³-hybridized carbons (Fsp3) is 0.208. The Hall–Kier alpha value is -3.47. The zero-order chi connectivity index (χ0) is 20.0. The first-order valence-corrected chi connectivity index (χ1v) is 9.95. The maximum absolute atomic E-state index is 12.1. The standard InChI is InChI=1S/C24H22N4O/c1-14(2)15-3-4-16-9-18(13-27-21(16)10-15)22-11-17(5-7-25-22)23-12-19-20(28-23)6-8-26-24(19)29/h3-5,7,9-14,28H,6,8H2,1-2H3,(H,26,29). The van der Waals surface area contributed by atoms with Crippen molar-refractivity contribution in [2.45, 2.75) is 26.2 Å². The number of aromatic nitrogens is 3. The highest BCUT2D eigenvalue weighted by molar-refractivity contribution is 5.97. The molecule has 2 N–H and O–H groups in total. The van der Waals surface area contributed by atoms with Crippen LogP contribution >= 0.6 is 0 Å². The molecule has 5 rings (SSSR count). The predicted octanol–water partition coefficient (Wildman–Crippen LogP) is 4.70. The lowest BCUT2D eigenvalue weighted by atomic mass is 10.0. The summed E-state index contributed by atoms with van der Waals surface area (Å²) in [5.74, 6) is 0.468. The van der Waals surface area contributed by atoms with Gasteiger partial charge in [-0.25, -0.2) is 0 Å². The number of hydrogen-bond donors (Lipinski definition) is 2. The van der Waals surface area contributed by atoms with Gasteiger partial charge in [0.1, 0.15) is 0 Å². The average molecular weight is 382 g/mol. The summed E-state index contributed by atoms with van der Waals surface area (Å²) in [5, 5.41) is 3.99. The van der Waals surface area contributed by atoms with Crippen LogP contribution in [-0.2, 0) is 6.42 Å². The van der Waals surface area contributed by atoms with Crippen LogP contribution in [0.4, 0.5) is 0 Å². The van der Waals surface area contributed by atoms with Crippen molar-refractivity contribution in [2.24, 2.45) is 0 Å². The van der Waals surface area contributed by atoms with Crippen molar-refractivity contribution >= 4 is 16.8 Å². The van der Waals surface area contributed by atoms with Gasteiger partial charge >= 0.3 is 0 Å². The summed E-state index contributed by atoms with van der Waals surface area (Å²) in [7, 11) is 0. The Kier molecular flexibility index (Phi) is 4.16. The molecule has 1 amide bonds. The maximum Gasteiger partial charge on any atom is 0.253 e. The Morgan fingerprint density at radius 2 is 1.90 bits per heavy atom. The molecule has 0 spiro atoms. The van der Waals surface area contributed by atoms with Crippen LogP contribution in [-0.4, -0.2) is 27.4 Å². The van der Waals surface area contributed by atoms with Crippen molar-refractivity contribution in [3.05, 3.63) is 71.7 Å². The lowest BCUT2D eigenvalue weighted by Crippen LogP contribution is -2.31. The number of aromatic amines is 1. The summed E-state index contributed by atoms with van der Waals surface area (Å²) < 4.78 is 0. The van der Waals surface area contributed by atoms with E-state index in [0.29, 0.717) is 12.5 Å². The molecule has 0 saturated heterocycles. The Morgan fingerprint density at radius 3 is 2.72 bits per heavy atom. The van der Waals surface area contributed by atoms with Gasteiger partial charge in [-0.05, 0) is 41.8 Å². The molecule has 0 aliphatic carbocycles. The van der Waals surface area contributed by atoms with Crippen LogP contribution in [0.15, 0.2) is 54.9 Å². The van der Waals surface area contributed by atoms with Crippen molar-refractivity contribution in [1.29, 1.82) is 0 Å². The molecule has 144 valence electrons. The van der Waals surface area contributed by atoms with Crippen LogP contribution in [0.25, 0.3) is 33.4 Å². The third-order valence-corrected chi connectivity index (χ3v) is 5.55. The van der Waals surface area contributed by atoms with Gasteiger partial charge in [0, 0.05) is 53.3 Å². The first-order valence-electron chi connectivity index (χ1n) is 9.95. The molecule has 4 heterocycles. The highest BCUT2D eigenvalue weighted by Crippen LogP contribution is 2.28. The van der Waals surface area contributed by atoms with E-state index >= 15 is 0 Å². The number of pyridine rings is 2. The van der Waals surface area contributed by atoms with E-state index in [-0.39, 0.29) is 5.91 Å². The van der Waals surface area contributed by atoms with Gasteiger partial charge in [-0.15, -0.1) is 0 Å². The summed E-state index contributed by atoms with van der Waals surface area (Å²) in [5.41, 5.74) is 7.80. The second-order valence-electron chi connectivity index (χ2n) is 7.84. The van der Waals surface area contributed by atoms with Gasteiger partial charge in [0.05, 0.1) is 16.8 Å². The number of hydrogen-bond acceptors (Lipinski definition) is 3. The summed E-state index contributed by atoms with van der Waals surface area (Å²) in [6, 6.07) is 14.5. The fourth-order valence-electron chi connectivity index (χ4n) is 3.84. The van der Waals surface area contributed by atoms with Gasteiger partial charge in [0.25, 0.3) is 5.91 Å². The number of nitrogens with one attached hydrogen (secondary N) is 2. The molecule has 29 heavy (non-hydrogen) atoms. The predicted molar refractivity (Wildman–Crippen MR) is 115 cm³/mol. The topological polar surface area (TPSA) is 70.7 Å². The van der Waals surface area contributed by atoms with Crippen LogP contribution in [0.2, 0.25) is 0 Å². The molecule has 0 fully saturated rings. The van der Waals surface area contributed by atoms with Gasteiger partial charge in [-0.2, -0.15) is 0 Å². The number of carbonyl (C=O) groups excluding carboxylic acids is 1. The molecule has 0 bridgehead atoms. The van der Waals surface area contributed by atoms with E-state index in [9.17, 15) is 4.79 Å². The Bertz CT molecular complexity index is 1240. The van der Waals surface area contributed by atoms with Crippen LogP contribution in [0, 0.1) is 0 Å². The minimum absolute atomic E-state index is 0.0116. The van der Waals surface area contributed by atoms with Crippen LogP contribution in [0.1, 0.15) is 41.4 Å². The minimum Gasteiger partial charge on any atom is -0.358 e. The Balaban J connectivity index is 1.53. The first-order chi connectivity index (χ1) is 14.1. The second-order valence-corrected chi connectivity index (χ2v) is 7.84.